The van der Waals surface area contributed by atoms with E-state index in [4.69, 9.17) is 0 Å². The van der Waals surface area contributed by atoms with Crippen LogP contribution in [0.4, 0.5) is 0 Å². The minimum Gasteiger partial charge on any atom is -0.314 e. The zero-order valence-electron chi connectivity index (χ0n) is 10.1. The van der Waals surface area contributed by atoms with Crippen molar-refractivity contribution in [1.82, 2.24) is 0 Å². The quantitative estimate of drug-likeness (QED) is 0.595. The summed E-state index contributed by atoms with van der Waals surface area (Å²) in [6.07, 6.45) is 3.12. The van der Waals surface area contributed by atoms with Crippen LogP contribution >= 0.6 is 0 Å². The molecule has 0 amide bonds. The molecule has 2 rings (SSSR count). The highest BCUT2D eigenvalue weighted by atomic mass is 32.2. The van der Waals surface area contributed by atoms with Crippen molar-refractivity contribution in [3.63, 3.8) is 0 Å². The van der Waals surface area contributed by atoms with Crippen molar-refractivity contribution in [2.24, 2.45) is 16.7 Å². The first kappa shape index (κ1) is 12.0. The number of hydrogen-bond donors (Lipinski definition) is 1. The van der Waals surface area contributed by atoms with E-state index in [1.54, 1.807) is 0 Å². The molecule has 1 N–H and O–H groups in total. The number of allylic oxidation sites excluding steroid dienone is 1. The van der Waals surface area contributed by atoms with Crippen LogP contribution in [0.25, 0.3) is 0 Å². The molecule has 0 aliphatic heterocycles. The third-order valence-electron chi connectivity index (χ3n) is 4.89. The Labute approximate surface area is 98.3 Å². The first-order chi connectivity index (χ1) is 7.23. The van der Waals surface area contributed by atoms with Crippen molar-refractivity contribution in [3.05, 3.63) is 17.9 Å². The summed E-state index contributed by atoms with van der Waals surface area (Å²) in [5, 5.41) is 0. The fraction of sp³-hybridized carbons (Fsp3) is 0.692. The zero-order valence-corrected chi connectivity index (χ0v) is 10.9. The molecule has 2 aliphatic carbocycles. The van der Waals surface area contributed by atoms with Crippen LogP contribution in [0.3, 0.4) is 0 Å². The monoisotopic (exact) mass is 240 g/mol. The van der Waals surface area contributed by atoms with Gasteiger partial charge < -0.3 is 4.55 Å². The molecule has 0 aromatic heterocycles. The van der Waals surface area contributed by atoms with Crippen LogP contribution in [-0.2, 0) is 9.80 Å². The Hall–Kier alpha value is -0.500. The highest BCUT2D eigenvalue weighted by molar-refractivity contribution is 7.95. The lowest BCUT2D eigenvalue weighted by atomic mass is 9.69. The molecule has 0 spiro atoms. The topological polar surface area (TPSA) is 37.3 Å². The summed E-state index contributed by atoms with van der Waals surface area (Å²) in [7, 11) is -2.95. The minimum atomic E-state index is -2.95. The number of fused-ring (bicyclic) bond motifs is 2. The second-order valence-corrected chi connectivity index (χ2v) is 7.65. The van der Waals surface area contributed by atoms with Gasteiger partial charge >= 0.3 is 0 Å². The Morgan fingerprint density at radius 2 is 2.25 bits per heavy atom. The smallest absolute Gasteiger partial charge is 0.0755 e. The van der Waals surface area contributed by atoms with Gasteiger partial charge in [-0.05, 0) is 42.0 Å². The third kappa shape index (κ3) is 1.42. The van der Waals surface area contributed by atoms with Crippen LogP contribution in [0.2, 0.25) is 0 Å². The normalized spacial score (nSPS) is 39.4. The van der Waals surface area contributed by atoms with Gasteiger partial charge in [0.2, 0.25) is 0 Å². The molecule has 16 heavy (non-hydrogen) atoms. The van der Waals surface area contributed by atoms with E-state index in [9.17, 15) is 8.76 Å². The molecule has 0 radical (unpaired) electrons. The lowest BCUT2D eigenvalue weighted by Gasteiger charge is -2.38. The SMILES string of the molecule is C=C=C1CC2CCC1(CS(=C)(=O)O)C2(C)C. The maximum Gasteiger partial charge on any atom is 0.0755 e. The van der Waals surface area contributed by atoms with E-state index in [1.165, 1.54) is 0 Å². The lowest BCUT2D eigenvalue weighted by Crippen LogP contribution is -2.38. The largest absolute Gasteiger partial charge is 0.314 e. The predicted molar refractivity (Wildman–Crippen MR) is 69.0 cm³/mol. The highest BCUT2D eigenvalue weighted by Crippen LogP contribution is 2.68. The Morgan fingerprint density at radius 1 is 1.62 bits per heavy atom. The number of hydrogen-bond acceptors (Lipinski definition) is 1. The standard InChI is InChI=1S/C13H20O2S/c1-5-10-8-11-6-7-13(10,12(11,2)3)9-16(4,14)15/h11H,1,4,6-9H2,2-3H3,(H,14,15). The third-order valence-corrected chi connectivity index (χ3v) is 5.83. The number of rotatable bonds is 2. The van der Waals surface area contributed by atoms with Crippen LogP contribution in [0, 0.1) is 16.7 Å². The average Bonchev–Trinajstić information content (AvgIpc) is 2.47. The van der Waals surface area contributed by atoms with Gasteiger partial charge in [0.05, 0.1) is 9.80 Å². The Bertz CT molecular complexity index is 466. The van der Waals surface area contributed by atoms with Gasteiger partial charge in [-0.2, -0.15) is 0 Å². The van der Waals surface area contributed by atoms with E-state index in [0.29, 0.717) is 5.92 Å². The van der Waals surface area contributed by atoms with Gasteiger partial charge in [-0.25, -0.2) is 4.21 Å². The molecule has 0 aromatic carbocycles. The Kier molecular flexibility index (Phi) is 2.43. The molecule has 90 valence electrons. The van der Waals surface area contributed by atoms with Crippen molar-refractivity contribution in [2.75, 3.05) is 5.75 Å². The summed E-state index contributed by atoms with van der Waals surface area (Å²) in [5.74, 6) is 4.28. The van der Waals surface area contributed by atoms with Gasteiger partial charge in [-0.3, -0.25) is 0 Å². The average molecular weight is 240 g/mol. The molecule has 3 heteroatoms. The molecule has 3 unspecified atom stereocenters. The molecule has 2 nitrogen and oxygen atoms in total. The van der Waals surface area contributed by atoms with Crippen molar-refractivity contribution in [2.45, 2.75) is 33.1 Å². The molecular formula is C13H20O2S. The summed E-state index contributed by atoms with van der Waals surface area (Å²) in [6.45, 7) is 8.16. The lowest BCUT2D eigenvalue weighted by molar-refractivity contribution is 0.181. The van der Waals surface area contributed by atoms with Crippen LogP contribution in [0.15, 0.2) is 17.9 Å². The fourth-order valence-electron chi connectivity index (χ4n) is 3.80. The summed E-state index contributed by atoms with van der Waals surface area (Å²) in [6, 6.07) is 0. The molecule has 2 aliphatic rings. The van der Waals surface area contributed by atoms with Crippen molar-refractivity contribution >= 4 is 15.7 Å². The van der Waals surface area contributed by atoms with E-state index in [2.05, 4.69) is 32.0 Å². The molecule has 2 fully saturated rings. The van der Waals surface area contributed by atoms with Crippen LogP contribution in [0.1, 0.15) is 33.1 Å². The van der Waals surface area contributed by atoms with Crippen molar-refractivity contribution < 1.29 is 8.76 Å². The summed E-state index contributed by atoms with van der Waals surface area (Å²) in [4.78, 5) is 0. The molecule has 0 heterocycles. The van der Waals surface area contributed by atoms with Crippen LogP contribution in [0.5, 0.6) is 0 Å². The predicted octanol–water partition coefficient (Wildman–Crippen LogP) is 2.71. The summed E-state index contributed by atoms with van der Waals surface area (Å²) >= 11 is 0. The molecule has 2 saturated carbocycles. The van der Waals surface area contributed by atoms with E-state index >= 15 is 0 Å². The van der Waals surface area contributed by atoms with Crippen LogP contribution < -0.4 is 0 Å². The second-order valence-electron chi connectivity index (χ2n) is 5.82. The van der Waals surface area contributed by atoms with E-state index in [-0.39, 0.29) is 16.6 Å². The van der Waals surface area contributed by atoms with Crippen molar-refractivity contribution in [1.29, 1.82) is 0 Å². The van der Waals surface area contributed by atoms with E-state index < -0.39 is 9.80 Å². The zero-order chi connectivity index (χ0) is 12.2. The summed E-state index contributed by atoms with van der Waals surface area (Å²) in [5.41, 5.74) is 4.06. The van der Waals surface area contributed by atoms with Gasteiger partial charge in [0.25, 0.3) is 0 Å². The Balaban J connectivity index is 2.53. The highest BCUT2D eigenvalue weighted by Gasteiger charge is 2.62. The molecule has 0 saturated heterocycles. The molecule has 2 bridgehead atoms. The van der Waals surface area contributed by atoms with E-state index in [0.717, 1.165) is 24.8 Å². The van der Waals surface area contributed by atoms with Crippen molar-refractivity contribution in [3.8, 4) is 0 Å². The van der Waals surface area contributed by atoms with Gasteiger partial charge in [0.1, 0.15) is 0 Å². The van der Waals surface area contributed by atoms with E-state index in [1.807, 2.05) is 0 Å². The van der Waals surface area contributed by atoms with Gasteiger partial charge in [0.15, 0.2) is 0 Å². The van der Waals surface area contributed by atoms with Gasteiger partial charge in [-0.1, -0.05) is 20.4 Å². The van der Waals surface area contributed by atoms with Gasteiger partial charge in [0, 0.05) is 11.2 Å². The maximum atomic E-state index is 11.7. The Morgan fingerprint density at radius 3 is 2.69 bits per heavy atom. The second kappa shape index (κ2) is 3.25. The minimum absolute atomic E-state index is 0.0795. The van der Waals surface area contributed by atoms with Gasteiger partial charge in [-0.15, -0.1) is 5.73 Å². The molecule has 0 aromatic rings. The first-order valence-corrected chi connectivity index (χ1v) is 7.55. The van der Waals surface area contributed by atoms with Crippen LogP contribution in [-0.4, -0.2) is 20.4 Å². The first-order valence-electron chi connectivity index (χ1n) is 5.70. The molecular weight excluding hydrogens is 220 g/mol. The fourth-order valence-corrected chi connectivity index (χ4v) is 5.27. The molecule has 3 atom stereocenters. The maximum absolute atomic E-state index is 11.7. The summed E-state index contributed by atoms with van der Waals surface area (Å²) < 4.78 is 21.3.